The average Bonchev–Trinajstić information content (AvgIpc) is 2.30. The Morgan fingerprint density at radius 1 is 1.53 bits per heavy atom. The first-order chi connectivity index (χ1) is 8.85. The Labute approximate surface area is 110 Å². The smallest absolute Gasteiger partial charge is 0.506 e. The summed E-state index contributed by atoms with van der Waals surface area (Å²) in [5, 5.41) is 20.3. The lowest BCUT2D eigenvalue weighted by atomic mass is 10.3. The minimum atomic E-state index is -4.83. The Bertz CT molecular complexity index is 526. The van der Waals surface area contributed by atoms with E-state index in [1.54, 1.807) is 12.4 Å². The first kappa shape index (κ1) is 15.0. The van der Waals surface area contributed by atoms with Crippen molar-refractivity contribution in [2.24, 2.45) is 4.99 Å². The third kappa shape index (κ3) is 4.97. The van der Waals surface area contributed by atoms with E-state index in [-0.39, 0.29) is 16.6 Å². The summed E-state index contributed by atoms with van der Waals surface area (Å²) in [6.07, 6.45) is -1.60. The number of halogens is 3. The molecule has 102 valence electrons. The second-order valence-electron chi connectivity index (χ2n) is 3.06. The summed E-state index contributed by atoms with van der Waals surface area (Å²) >= 11 is 1.06. The van der Waals surface area contributed by atoms with Gasteiger partial charge in [0.25, 0.3) is 0 Å². The van der Waals surface area contributed by atoms with Crippen LogP contribution < -0.4 is 10.1 Å². The van der Waals surface area contributed by atoms with Crippen molar-refractivity contribution in [3.8, 4) is 17.7 Å². The largest absolute Gasteiger partial charge is 0.573 e. The number of thioether (sulfide) groups is 1. The minimum Gasteiger partial charge on any atom is -0.506 e. The molecule has 0 unspecified atom stereocenters. The Morgan fingerprint density at radius 2 is 2.21 bits per heavy atom. The molecule has 0 spiro atoms. The van der Waals surface area contributed by atoms with Crippen molar-refractivity contribution in [3.63, 3.8) is 0 Å². The fourth-order valence-corrected chi connectivity index (χ4v) is 1.41. The van der Waals surface area contributed by atoms with Crippen LogP contribution in [0.25, 0.3) is 0 Å². The number of nitrogens with one attached hydrogen (secondary N) is 1. The summed E-state index contributed by atoms with van der Waals surface area (Å²) in [6, 6.07) is 2.89. The average molecular weight is 291 g/mol. The Kier molecular flexibility index (Phi) is 4.88. The molecule has 0 atom stereocenters. The molecule has 2 N–H and O–H groups in total. The van der Waals surface area contributed by atoms with E-state index in [1.165, 1.54) is 0 Å². The summed E-state index contributed by atoms with van der Waals surface area (Å²) in [4.78, 5) is 3.81. The predicted octanol–water partition coefficient (Wildman–Crippen LogP) is 2.71. The topological polar surface area (TPSA) is 77.6 Å². The normalized spacial score (nSPS) is 11.8. The number of hydrogen-bond donors (Lipinski definition) is 2. The van der Waals surface area contributed by atoms with Gasteiger partial charge in [0.15, 0.2) is 11.4 Å². The van der Waals surface area contributed by atoms with Crippen LogP contribution in [0.3, 0.4) is 0 Å². The van der Waals surface area contributed by atoms with E-state index >= 15 is 0 Å². The van der Waals surface area contributed by atoms with E-state index in [4.69, 9.17) is 5.26 Å². The van der Waals surface area contributed by atoms with E-state index in [1.807, 2.05) is 0 Å². The molecule has 9 heteroatoms. The van der Waals surface area contributed by atoms with Gasteiger partial charge >= 0.3 is 6.36 Å². The maximum atomic E-state index is 12.0. The summed E-state index contributed by atoms with van der Waals surface area (Å²) in [7, 11) is 0. The van der Waals surface area contributed by atoms with Gasteiger partial charge in [-0.3, -0.25) is 5.32 Å². The first-order valence-electron chi connectivity index (χ1n) is 4.72. The van der Waals surface area contributed by atoms with Crippen LogP contribution in [-0.4, -0.2) is 22.9 Å². The van der Waals surface area contributed by atoms with Crippen molar-refractivity contribution < 1.29 is 23.0 Å². The lowest BCUT2D eigenvalue weighted by Gasteiger charge is -2.10. The molecule has 1 aromatic carbocycles. The van der Waals surface area contributed by atoms with E-state index in [0.29, 0.717) is 0 Å². The number of alkyl halides is 3. The molecule has 0 aliphatic heterocycles. The number of hydrogen-bond acceptors (Lipinski definition) is 5. The van der Waals surface area contributed by atoms with Crippen molar-refractivity contribution in [1.29, 1.82) is 5.26 Å². The number of aromatic hydroxyl groups is 1. The third-order valence-corrected chi connectivity index (χ3v) is 2.34. The number of nitriles is 1. The molecule has 19 heavy (non-hydrogen) atoms. The van der Waals surface area contributed by atoms with Gasteiger partial charge in [-0.15, -0.1) is 13.2 Å². The van der Waals surface area contributed by atoms with Crippen LogP contribution >= 0.6 is 11.8 Å². The van der Waals surface area contributed by atoms with E-state index in [2.05, 4.69) is 15.0 Å². The summed E-state index contributed by atoms with van der Waals surface area (Å²) in [5.41, 5.74) is -0.145. The molecule has 5 nitrogen and oxygen atoms in total. The molecule has 0 amide bonds. The van der Waals surface area contributed by atoms with E-state index in [9.17, 15) is 18.3 Å². The molecule has 0 bridgehead atoms. The van der Waals surface area contributed by atoms with E-state index < -0.39 is 12.1 Å². The number of ether oxygens (including phenoxy) is 1. The summed E-state index contributed by atoms with van der Waals surface area (Å²) < 4.78 is 39.8. The minimum absolute atomic E-state index is 0.127. The van der Waals surface area contributed by atoms with E-state index in [0.717, 1.165) is 30.0 Å². The molecular weight excluding hydrogens is 283 g/mol. The fourth-order valence-electron chi connectivity index (χ4n) is 1.07. The van der Waals surface area contributed by atoms with Crippen LogP contribution in [0.2, 0.25) is 0 Å². The SMILES string of the molecule is CSC(=Nc1cc(OC(F)(F)F)ccc1O)NC#N. The lowest BCUT2D eigenvalue weighted by molar-refractivity contribution is -0.274. The molecule has 0 saturated carbocycles. The maximum Gasteiger partial charge on any atom is 0.573 e. The van der Waals surface area contributed by atoms with Crippen molar-refractivity contribution in [3.05, 3.63) is 18.2 Å². The van der Waals surface area contributed by atoms with Gasteiger partial charge in [0.2, 0.25) is 0 Å². The molecule has 0 heterocycles. The summed E-state index contributed by atoms with van der Waals surface area (Å²) in [6.45, 7) is 0. The van der Waals surface area contributed by atoms with Crippen LogP contribution in [0.1, 0.15) is 0 Å². The second-order valence-corrected chi connectivity index (χ2v) is 3.85. The Morgan fingerprint density at radius 3 is 2.74 bits per heavy atom. The number of nitrogens with zero attached hydrogens (tertiary/aromatic N) is 2. The predicted molar refractivity (Wildman–Crippen MR) is 64.1 cm³/mol. The highest BCUT2D eigenvalue weighted by Crippen LogP contribution is 2.33. The molecular formula is C10H8F3N3O2S. The molecule has 0 aliphatic carbocycles. The van der Waals surface area contributed by atoms with Crippen molar-refractivity contribution in [2.45, 2.75) is 6.36 Å². The number of benzene rings is 1. The zero-order valence-corrected chi connectivity index (χ0v) is 10.3. The van der Waals surface area contributed by atoms with Crippen molar-refractivity contribution in [2.75, 3.05) is 6.26 Å². The summed E-state index contributed by atoms with van der Waals surface area (Å²) in [5.74, 6) is -0.845. The zero-order valence-electron chi connectivity index (χ0n) is 9.52. The Balaban J connectivity index is 3.07. The van der Waals surface area contributed by atoms with Gasteiger partial charge < -0.3 is 9.84 Å². The van der Waals surface area contributed by atoms with Crippen LogP contribution in [0.4, 0.5) is 18.9 Å². The highest BCUT2D eigenvalue weighted by Gasteiger charge is 2.31. The maximum absolute atomic E-state index is 12.0. The van der Waals surface area contributed by atoms with Crippen LogP contribution in [0, 0.1) is 11.5 Å². The monoisotopic (exact) mass is 291 g/mol. The van der Waals surface area contributed by atoms with Crippen LogP contribution in [0.5, 0.6) is 11.5 Å². The second kappa shape index (κ2) is 6.19. The van der Waals surface area contributed by atoms with Crippen LogP contribution in [-0.2, 0) is 0 Å². The zero-order chi connectivity index (χ0) is 14.5. The molecule has 0 fully saturated rings. The molecule has 1 rings (SSSR count). The van der Waals surface area contributed by atoms with Gasteiger partial charge in [-0.25, -0.2) is 4.99 Å². The highest BCUT2D eigenvalue weighted by atomic mass is 32.2. The number of aliphatic imine (C=N–C) groups is 1. The highest BCUT2D eigenvalue weighted by molar-refractivity contribution is 8.13. The van der Waals surface area contributed by atoms with Crippen molar-refractivity contribution >= 4 is 22.6 Å². The number of phenols is 1. The lowest BCUT2D eigenvalue weighted by Crippen LogP contribution is -2.17. The van der Waals surface area contributed by atoms with Gasteiger partial charge in [-0.2, -0.15) is 5.26 Å². The van der Waals surface area contributed by atoms with Crippen molar-refractivity contribution in [1.82, 2.24) is 5.32 Å². The molecule has 1 aromatic rings. The number of rotatable bonds is 2. The quantitative estimate of drug-likeness (QED) is 0.379. The van der Waals surface area contributed by atoms with Gasteiger partial charge in [0.1, 0.15) is 17.2 Å². The fraction of sp³-hybridized carbons (Fsp3) is 0.200. The molecule has 0 radical (unpaired) electrons. The molecule has 0 saturated heterocycles. The molecule has 0 aliphatic rings. The number of phenolic OH excluding ortho intramolecular Hbond substituents is 1. The molecule has 0 aromatic heterocycles. The van der Waals surface area contributed by atoms with Gasteiger partial charge in [0.05, 0.1) is 0 Å². The Hall–Kier alpha value is -2.08. The first-order valence-corrected chi connectivity index (χ1v) is 5.94. The standard InChI is InChI=1S/C10H8F3N3O2S/c1-19-9(15-5-14)16-7-4-6(2-3-8(7)17)18-10(11,12)13/h2-4,17H,1H3,(H,15,16). The number of amidine groups is 1. The van der Waals surface area contributed by atoms with Gasteiger partial charge in [0, 0.05) is 6.07 Å². The van der Waals surface area contributed by atoms with Crippen LogP contribution in [0.15, 0.2) is 23.2 Å². The third-order valence-electron chi connectivity index (χ3n) is 1.76. The van der Waals surface area contributed by atoms with Gasteiger partial charge in [-0.05, 0) is 18.4 Å². The van der Waals surface area contributed by atoms with Gasteiger partial charge in [-0.1, -0.05) is 11.8 Å².